The number of ether oxygens (including phenoxy) is 1. The number of esters is 1. The molecule has 0 aliphatic carbocycles. The summed E-state index contributed by atoms with van der Waals surface area (Å²) in [5, 5.41) is 4.16. The van der Waals surface area contributed by atoms with Crippen molar-refractivity contribution >= 4 is 17.5 Å². The summed E-state index contributed by atoms with van der Waals surface area (Å²) in [5.41, 5.74) is -1.52. The lowest BCUT2D eigenvalue weighted by atomic mass is 9.87. The van der Waals surface area contributed by atoms with Crippen molar-refractivity contribution in [3.63, 3.8) is 0 Å². The van der Waals surface area contributed by atoms with E-state index in [1.807, 2.05) is 6.92 Å². The summed E-state index contributed by atoms with van der Waals surface area (Å²) in [7, 11) is 1.30. The van der Waals surface area contributed by atoms with E-state index < -0.39 is 29.1 Å². The molecule has 0 bridgehead atoms. The Kier molecular flexibility index (Phi) is 5.81. The van der Waals surface area contributed by atoms with Crippen LogP contribution >= 0.6 is 0 Å². The van der Waals surface area contributed by atoms with Crippen LogP contribution in [0.5, 0.6) is 0 Å². The molecule has 0 radical (unpaired) electrons. The zero-order valence-corrected chi connectivity index (χ0v) is 17.8. The van der Waals surface area contributed by atoms with Gasteiger partial charge in [0, 0.05) is 18.7 Å². The average molecular weight is 464 g/mol. The number of imidazole rings is 1. The Labute approximate surface area is 186 Å². The Bertz CT molecular complexity index is 1210. The van der Waals surface area contributed by atoms with Crippen LogP contribution in [0, 0.1) is 17.7 Å². The smallest absolute Gasteiger partial charge is 0.420 e. The fourth-order valence-electron chi connectivity index (χ4n) is 4.04. The molecule has 2 unspecified atom stereocenters. The maximum absolute atomic E-state index is 13.8. The molecule has 0 saturated carbocycles. The molecule has 7 nitrogen and oxygen atoms in total. The van der Waals surface area contributed by atoms with Gasteiger partial charge in [-0.3, -0.25) is 9.59 Å². The third kappa shape index (κ3) is 4.39. The maximum Gasteiger partial charge on any atom is 0.420 e. The maximum atomic E-state index is 13.8. The molecule has 3 aromatic rings. The minimum atomic E-state index is -4.75. The summed E-state index contributed by atoms with van der Waals surface area (Å²) in [6, 6.07) is 5.71. The molecule has 1 fully saturated rings. The van der Waals surface area contributed by atoms with Gasteiger partial charge < -0.3 is 9.64 Å². The number of hydrogen-bond acceptors (Lipinski definition) is 5. The van der Waals surface area contributed by atoms with Crippen molar-refractivity contribution in [3.05, 3.63) is 53.6 Å². The van der Waals surface area contributed by atoms with Crippen LogP contribution in [0.1, 0.15) is 29.4 Å². The largest absolute Gasteiger partial charge is 0.469 e. The third-order valence-electron chi connectivity index (χ3n) is 5.79. The van der Waals surface area contributed by atoms with Crippen molar-refractivity contribution in [1.29, 1.82) is 0 Å². The number of carbonyl (C=O) groups excluding carboxylic acids is 2. The zero-order chi connectivity index (χ0) is 23.9. The van der Waals surface area contributed by atoms with Gasteiger partial charge in [0.15, 0.2) is 5.65 Å². The minimum Gasteiger partial charge on any atom is -0.469 e. The first-order chi connectivity index (χ1) is 15.6. The highest BCUT2D eigenvalue weighted by atomic mass is 19.4. The lowest BCUT2D eigenvalue weighted by Crippen LogP contribution is -2.45. The zero-order valence-electron chi connectivity index (χ0n) is 17.8. The summed E-state index contributed by atoms with van der Waals surface area (Å²) >= 11 is 0. The van der Waals surface area contributed by atoms with Crippen molar-refractivity contribution in [3.8, 4) is 11.3 Å². The van der Waals surface area contributed by atoms with Gasteiger partial charge in [0.2, 0.25) is 0 Å². The number of rotatable bonds is 3. The van der Waals surface area contributed by atoms with Crippen LogP contribution in [0.25, 0.3) is 16.9 Å². The van der Waals surface area contributed by atoms with Crippen LogP contribution in [-0.2, 0) is 15.7 Å². The van der Waals surface area contributed by atoms with Crippen LogP contribution in [0.4, 0.5) is 17.6 Å². The molecular weight excluding hydrogens is 444 g/mol. The Morgan fingerprint density at radius 3 is 2.48 bits per heavy atom. The van der Waals surface area contributed by atoms with Gasteiger partial charge in [0.1, 0.15) is 17.1 Å². The summed E-state index contributed by atoms with van der Waals surface area (Å²) < 4.78 is 60.2. The van der Waals surface area contributed by atoms with Gasteiger partial charge in [0.25, 0.3) is 5.91 Å². The lowest BCUT2D eigenvalue weighted by molar-refractivity contribution is -0.148. The van der Waals surface area contributed by atoms with Crippen LogP contribution in [0.15, 0.2) is 36.5 Å². The number of methoxy groups -OCH3 is 1. The van der Waals surface area contributed by atoms with E-state index in [0.717, 1.165) is 28.9 Å². The van der Waals surface area contributed by atoms with E-state index in [2.05, 4.69) is 10.1 Å². The van der Waals surface area contributed by atoms with Gasteiger partial charge in [-0.15, -0.1) is 0 Å². The normalized spacial score (nSPS) is 19.0. The second-order valence-electron chi connectivity index (χ2n) is 7.99. The molecule has 1 aliphatic rings. The summed E-state index contributed by atoms with van der Waals surface area (Å²) in [6.07, 6.45) is -3.22. The minimum absolute atomic E-state index is 0.0428. The highest BCUT2D eigenvalue weighted by Crippen LogP contribution is 2.34. The molecule has 2 aromatic heterocycles. The Balaban J connectivity index is 1.69. The highest BCUT2D eigenvalue weighted by Gasteiger charge is 2.37. The van der Waals surface area contributed by atoms with E-state index in [0.29, 0.717) is 6.42 Å². The van der Waals surface area contributed by atoms with Gasteiger partial charge >= 0.3 is 12.1 Å². The molecule has 11 heteroatoms. The van der Waals surface area contributed by atoms with Crippen LogP contribution in [-0.4, -0.2) is 51.6 Å². The van der Waals surface area contributed by atoms with Crippen molar-refractivity contribution in [2.24, 2.45) is 11.8 Å². The number of carbonyl (C=O) groups is 2. The van der Waals surface area contributed by atoms with Gasteiger partial charge in [-0.05, 0) is 42.7 Å². The SMILES string of the molecule is COC(=O)C1CCN(C(=O)c2cn3nc(-c4ccc(F)cc4)cc(C(F)(F)F)c3n2)CC1C. The number of piperidine rings is 1. The average Bonchev–Trinajstić information content (AvgIpc) is 3.21. The molecule has 0 N–H and O–H groups in total. The highest BCUT2D eigenvalue weighted by molar-refractivity contribution is 5.93. The van der Waals surface area contributed by atoms with Crippen LogP contribution in [0.3, 0.4) is 0 Å². The number of alkyl halides is 3. The monoisotopic (exact) mass is 464 g/mol. The van der Waals surface area contributed by atoms with Crippen LogP contribution < -0.4 is 0 Å². The molecular formula is C22H20F4N4O3. The number of benzene rings is 1. The molecule has 1 saturated heterocycles. The predicted octanol–water partition coefficient (Wildman–Crippen LogP) is 3.83. The molecule has 1 aliphatic heterocycles. The summed E-state index contributed by atoms with van der Waals surface area (Å²) in [6.45, 7) is 2.30. The molecule has 2 atom stereocenters. The molecule has 1 aromatic carbocycles. The van der Waals surface area contributed by atoms with E-state index in [1.165, 1.54) is 24.1 Å². The number of nitrogens with zero attached hydrogens (tertiary/aromatic N) is 4. The first kappa shape index (κ1) is 22.7. The molecule has 174 valence electrons. The van der Waals surface area contributed by atoms with Crippen molar-refractivity contribution in [2.45, 2.75) is 19.5 Å². The van der Waals surface area contributed by atoms with Crippen molar-refractivity contribution in [2.75, 3.05) is 20.2 Å². The van der Waals surface area contributed by atoms with E-state index in [1.54, 1.807) is 0 Å². The summed E-state index contributed by atoms with van der Waals surface area (Å²) in [5.74, 6) is -1.96. The fraction of sp³-hybridized carbons (Fsp3) is 0.364. The third-order valence-corrected chi connectivity index (χ3v) is 5.79. The molecule has 3 heterocycles. The molecule has 1 amide bonds. The Morgan fingerprint density at radius 2 is 1.88 bits per heavy atom. The predicted molar refractivity (Wildman–Crippen MR) is 109 cm³/mol. The number of amides is 1. The fourth-order valence-corrected chi connectivity index (χ4v) is 4.04. The van der Waals surface area contributed by atoms with E-state index >= 15 is 0 Å². The quantitative estimate of drug-likeness (QED) is 0.435. The van der Waals surface area contributed by atoms with Gasteiger partial charge in [-0.25, -0.2) is 13.9 Å². The lowest BCUT2D eigenvalue weighted by Gasteiger charge is -2.35. The topological polar surface area (TPSA) is 76.8 Å². The molecule has 4 rings (SSSR count). The van der Waals surface area contributed by atoms with Crippen LogP contribution in [0.2, 0.25) is 0 Å². The Hall–Kier alpha value is -3.50. The van der Waals surface area contributed by atoms with E-state index in [4.69, 9.17) is 4.74 Å². The van der Waals surface area contributed by atoms with Gasteiger partial charge in [0.05, 0.1) is 24.9 Å². The van der Waals surface area contributed by atoms with Gasteiger partial charge in [-0.1, -0.05) is 6.92 Å². The Morgan fingerprint density at radius 1 is 1.18 bits per heavy atom. The number of fused-ring (bicyclic) bond motifs is 1. The van der Waals surface area contributed by atoms with Gasteiger partial charge in [-0.2, -0.15) is 18.3 Å². The van der Waals surface area contributed by atoms with E-state index in [-0.39, 0.29) is 47.8 Å². The standard InChI is InChI=1S/C22H20F4N4O3/c1-12-10-29(8-7-15(12)21(32)33-2)20(31)18-11-30-19(27-18)16(22(24,25)26)9-17(28-30)13-3-5-14(23)6-4-13/h3-6,9,11-12,15H,7-8,10H2,1-2H3. The molecule has 33 heavy (non-hydrogen) atoms. The number of likely N-dealkylation sites (tertiary alicyclic amines) is 1. The first-order valence-corrected chi connectivity index (χ1v) is 10.2. The van der Waals surface area contributed by atoms with Crippen molar-refractivity contribution in [1.82, 2.24) is 19.5 Å². The first-order valence-electron chi connectivity index (χ1n) is 10.2. The second kappa shape index (κ2) is 8.45. The number of aromatic nitrogens is 3. The van der Waals surface area contributed by atoms with Crippen molar-refractivity contribution < 1.29 is 31.9 Å². The summed E-state index contributed by atoms with van der Waals surface area (Å²) in [4.78, 5) is 30.3. The number of halogens is 4. The second-order valence-corrected chi connectivity index (χ2v) is 7.99. The number of hydrogen-bond donors (Lipinski definition) is 0. The molecule has 0 spiro atoms. The van der Waals surface area contributed by atoms with E-state index in [9.17, 15) is 27.2 Å².